The minimum Gasteiger partial charge on any atom is -0.453 e. The SMILES string of the molecule is CCNc1nc(Nc2cc(C#N)cc(N3CCC(NC(=O)OC)C(O)C3)c2Cl)nn2c(C#N)cnc12. The van der Waals surface area contributed by atoms with Crippen LogP contribution in [0.5, 0.6) is 0 Å². The molecule has 1 saturated heterocycles. The quantitative estimate of drug-likeness (QED) is 0.381. The number of hydrogen-bond donors (Lipinski definition) is 4. The summed E-state index contributed by atoms with van der Waals surface area (Å²) in [6.45, 7) is 3.11. The Labute approximate surface area is 211 Å². The van der Waals surface area contributed by atoms with Crippen LogP contribution in [0.2, 0.25) is 5.02 Å². The second kappa shape index (κ2) is 10.5. The van der Waals surface area contributed by atoms with Gasteiger partial charge in [0.25, 0.3) is 0 Å². The molecule has 1 fully saturated rings. The van der Waals surface area contributed by atoms with Gasteiger partial charge in [0.05, 0.1) is 53.5 Å². The van der Waals surface area contributed by atoms with Crippen molar-refractivity contribution in [3.63, 3.8) is 0 Å². The number of aliphatic hydroxyl groups excluding tert-OH is 1. The summed E-state index contributed by atoms with van der Waals surface area (Å²) in [5.74, 6) is 0.560. The number of alkyl carbamates (subject to hydrolysis) is 1. The summed E-state index contributed by atoms with van der Waals surface area (Å²) in [6.07, 6.45) is 0.347. The lowest BCUT2D eigenvalue weighted by molar-refractivity contribution is 0.103. The third kappa shape index (κ3) is 4.88. The van der Waals surface area contributed by atoms with Gasteiger partial charge in [-0.3, -0.25) is 0 Å². The minimum atomic E-state index is -0.880. The lowest BCUT2D eigenvalue weighted by Crippen LogP contribution is -2.54. The number of anilines is 4. The Kier molecular flexibility index (Phi) is 7.24. The van der Waals surface area contributed by atoms with Gasteiger partial charge in [0.1, 0.15) is 6.07 Å². The average molecular weight is 511 g/mol. The molecular formula is C22H23ClN10O3. The predicted molar refractivity (Wildman–Crippen MR) is 131 cm³/mol. The second-order valence-electron chi connectivity index (χ2n) is 7.94. The van der Waals surface area contributed by atoms with Gasteiger partial charge in [0, 0.05) is 19.6 Å². The molecule has 1 aliphatic heterocycles. The van der Waals surface area contributed by atoms with E-state index in [1.54, 1.807) is 12.1 Å². The molecule has 0 bridgehead atoms. The normalized spacial score (nSPS) is 17.2. The fourth-order valence-electron chi connectivity index (χ4n) is 3.94. The largest absolute Gasteiger partial charge is 0.453 e. The van der Waals surface area contributed by atoms with Crippen molar-refractivity contribution in [3.8, 4) is 12.1 Å². The van der Waals surface area contributed by atoms with E-state index in [0.29, 0.717) is 52.9 Å². The smallest absolute Gasteiger partial charge is 0.407 e. The first-order chi connectivity index (χ1) is 17.4. The zero-order valence-electron chi connectivity index (χ0n) is 19.5. The van der Waals surface area contributed by atoms with Crippen molar-refractivity contribution < 1.29 is 14.6 Å². The van der Waals surface area contributed by atoms with Gasteiger partial charge in [-0.15, -0.1) is 5.10 Å². The Morgan fingerprint density at radius 3 is 2.83 bits per heavy atom. The van der Waals surface area contributed by atoms with Crippen LogP contribution in [0.3, 0.4) is 0 Å². The summed E-state index contributed by atoms with van der Waals surface area (Å²) in [7, 11) is 1.26. The van der Waals surface area contributed by atoms with Crippen molar-refractivity contribution in [1.29, 1.82) is 10.5 Å². The fourth-order valence-corrected chi connectivity index (χ4v) is 4.22. The number of methoxy groups -OCH3 is 1. The van der Waals surface area contributed by atoms with Gasteiger partial charge >= 0.3 is 6.09 Å². The number of nitrogens with one attached hydrogen (secondary N) is 3. The summed E-state index contributed by atoms with van der Waals surface area (Å²) in [4.78, 5) is 22.0. The van der Waals surface area contributed by atoms with Crippen LogP contribution < -0.4 is 20.9 Å². The Balaban J connectivity index is 1.66. The van der Waals surface area contributed by atoms with Crippen molar-refractivity contribution in [2.24, 2.45) is 0 Å². The molecule has 0 spiro atoms. The molecule has 0 saturated carbocycles. The Morgan fingerprint density at radius 2 is 2.17 bits per heavy atom. The molecule has 36 heavy (non-hydrogen) atoms. The highest BCUT2D eigenvalue weighted by Gasteiger charge is 2.31. The van der Waals surface area contributed by atoms with Crippen LogP contribution in [0, 0.1) is 22.7 Å². The van der Waals surface area contributed by atoms with E-state index in [9.17, 15) is 20.4 Å². The van der Waals surface area contributed by atoms with Crippen LogP contribution in [-0.4, -0.2) is 69.7 Å². The van der Waals surface area contributed by atoms with E-state index in [0.717, 1.165) is 0 Å². The van der Waals surface area contributed by atoms with Crippen LogP contribution in [0.4, 0.5) is 27.9 Å². The van der Waals surface area contributed by atoms with E-state index in [4.69, 9.17) is 11.6 Å². The predicted octanol–water partition coefficient (Wildman–Crippen LogP) is 1.99. The number of carbonyl (C=O) groups excluding carboxylic acids is 1. The number of β-amino-alcohol motifs (C(OH)–C–C–N with tert-alkyl or cyclic N) is 1. The Hall–Kier alpha value is -4.33. The van der Waals surface area contributed by atoms with E-state index in [1.165, 1.54) is 17.8 Å². The van der Waals surface area contributed by atoms with Crippen LogP contribution >= 0.6 is 11.6 Å². The maximum absolute atomic E-state index is 11.5. The van der Waals surface area contributed by atoms with Crippen molar-refractivity contribution in [1.82, 2.24) is 24.9 Å². The monoisotopic (exact) mass is 510 g/mol. The number of hydrogen-bond acceptors (Lipinski definition) is 11. The zero-order valence-corrected chi connectivity index (χ0v) is 20.2. The second-order valence-corrected chi connectivity index (χ2v) is 8.32. The molecule has 4 rings (SSSR count). The minimum absolute atomic E-state index is 0.136. The van der Waals surface area contributed by atoms with Gasteiger partial charge in [0.2, 0.25) is 5.95 Å². The van der Waals surface area contributed by atoms with E-state index in [1.807, 2.05) is 17.9 Å². The van der Waals surface area contributed by atoms with Gasteiger partial charge < -0.3 is 30.7 Å². The lowest BCUT2D eigenvalue weighted by Gasteiger charge is -2.38. The highest BCUT2D eigenvalue weighted by atomic mass is 35.5. The molecule has 3 heterocycles. The number of amides is 1. The van der Waals surface area contributed by atoms with Crippen molar-refractivity contribution in [2.75, 3.05) is 42.3 Å². The standard InChI is InChI=1S/C22H23ClN10O3/c1-3-26-19-20-27-10-13(9-25)33(20)31-21(30-19)28-15-6-12(8-24)7-16(18(15)23)32-5-4-14(17(34)11-32)29-22(35)36-2/h6-7,10,14,17,34H,3-5,11H2,1-2H3,(H,29,35)(H2,26,28,30,31). The lowest BCUT2D eigenvalue weighted by atomic mass is 10.0. The number of rotatable bonds is 6. The van der Waals surface area contributed by atoms with Crippen molar-refractivity contribution >= 4 is 46.5 Å². The van der Waals surface area contributed by atoms with Gasteiger partial charge in [-0.05, 0) is 25.5 Å². The highest BCUT2D eigenvalue weighted by Crippen LogP contribution is 2.37. The summed E-state index contributed by atoms with van der Waals surface area (Å²) in [5.41, 5.74) is 1.85. The van der Waals surface area contributed by atoms with Crippen molar-refractivity contribution in [3.05, 3.63) is 34.6 Å². The number of fused-ring (bicyclic) bond motifs is 1. The molecule has 2 atom stereocenters. The number of imidazole rings is 1. The first-order valence-electron chi connectivity index (χ1n) is 11.1. The number of carbonyl (C=O) groups is 1. The third-order valence-corrected chi connectivity index (χ3v) is 6.06. The molecule has 1 aromatic carbocycles. The van der Waals surface area contributed by atoms with Crippen LogP contribution in [0.25, 0.3) is 5.65 Å². The number of nitriles is 2. The zero-order chi connectivity index (χ0) is 25.8. The Morgan fingerprint density at radius 1 is 1.36 bits per heavy atom. The molecule has 14 heteroatoms. The number of aromatic nitrogens is 4. The molecular weight excluding hydrogens is 488 g/mol. The summed E-state index contributed by atoms with van der Waals surface area (Å²) < 4.78 is 5.98. The summed E-state index contributed by atoms with van der Waals surface area (Å²) in [5, 5.41) is 43.0. The van der Waals surface area contributed by atoms with Crippen LogP contribution in [0.1, 0.15) is 24.6 Å². The molecule has 2 unspecified atom stereocenters. The molecule has 13 nitrogen and oxygen atoms in total. The topological polar surface area (TPSA) is 177 Å². The number of halogens is 1. The molecule has 3 aromatic rings. The third-order valence-electron chi connectivity index (χ3n) is 5.66. The molecule has 2 aromatic heterocycles. The van der Waals surface area contributed by atoms with Gasteiger partial charge in [-0.25, -0.2) is 9.78 Å². The number of ether oxygens (including phenoxy) is 1. The van der Waals surface area contributed by atoms with Gasteiger partial charge in [-0.1, -0.05) is 11.6 Å². The van der Waals surface area contributed by atoms with Crippen molar-refractivity contribution in [2.45, 2.75) is 25.5 Å². The van der Waals surface area contributed by atoms with Gasteiger partial charge in [-0.2, -0.15) is 20.0 Å². The first kappa shape index (κ1) is 24.8. The van der Waals surface area contributed by atoms with E-state index >= 15 is 0 Å². The number of piperidine rings is 1. The summed E-state index contributed by atoms with van der Waals surface area (Å²) >= 11 is 6.74. The number of benzene rings is 1. The van der Waals surface area contributed by atoms with E-state index < -0.39 is 18.2 Å². The van der Waals surface area contributed by atoms with E-state index in [-0.39, 0.29) is 18.2 Å². The molecule has 0 radical (unpaired) electrons. The summed E-state index contributed by atoms with van der Waals surface area (Å²) in [6, 6.07) is 6.87. The van der Waals surface area contributed by atoms with Gasteiger partial charge in [0.15, 0.2) is 17.2 Å². The van der Waals surface area contributed by atoms with E-state index in [2.05, 4.69) is 41.8 Å². The number of aliphatic hydroxyl groups is 1. The molecule has 4 N–H and O–H groups in total. The Bertz CT molecular complexity index is 1380. The fraction of sp³-hybridized carbons (Fsp3) is 0.364. The maximum atomic E-state index is 11.5. The molecule has 186 valence electrons. The molecule has 0 aliphatic carbocycles. The highest BCUT2D eigenvalue weighted by molar-refractivity contribution is 6.36. The first-order valence-corrected chi connectivity index (χ1v) is 11.4. The average Bonchev–Trinajstić information content (AvgIpc) is 3.30. The molecule has 1 aliphatic rings. The molecule has 1 amide bonds. The number of nitrogens with zero attached hydrogens (tertiary/aromatic N) is 7. The van der Waals surface area contributed by atoms with Crippen LogP contribution in [-0.2, 0) is 4.74 Å². The van der Waals surface area contributed by atoms with Crippen LogP contribution in [0.15, 0.2) is 18.3 Å². The maximum Gasteiger partial charge on any atom is 0.407 e.